The predicted octanol–water partition coefficient (Wildman–Crippen LogP) is 1.75. The number of imidazole rings is 1. The lowest BCUT2D eigenvalue weighted by atomic mass is 10.1. The Bertz CT molecular complexity index is 679. The average molecular weight is 300 g/mol. The first-order valence-electron chi connectivity index (χ1n) is 7.34. The van der Waals surface area contributed by atoms with Gasteiger partial charge in [-0.05, 0) is 18.6 Å². The molecule has 6 nitrogen and oxygen atoms in total. The molecule has 1 aliphatic rings. The van der Waals surface area contributed by atoms with E-state index in [-0.39, 0.29) is 0 Å². The van der Waals surface area contributed by atoms with Crippen LogP contribution in [0.4, 0.5) is 0 Å². The molecule has 2 heterocycles. The second-order valence-corrected chi connectivity index (χ2v) is 5.09. The lowest BCUT2D eigenvalue weighted by molar-refractivity contribution is 0.272. The molecule has 116 valence electrons. The van der Waals surface area contributed by atoms with Crippen molar-refractivity contribution in [3.8, 4) is 11.5 Å². The second-order valence-electron chi connectivity index (χ2n) is 5.09. The van der Waals surface area contributed by atoms with Gasteiger partial charge in [0.05, 0.1) is 12.7 Å². The van der Waals surface area contributed by atoms with Crippen molar-refractivity contribution in [2.75, 3.05) is 20.2 Å². The molecule has 1 N–H and O–H groups in total. The van der Waals surface area contributed by atoms with Crippen LogP contribution in [0.25, 0.3) is 0 Å². The number of nitrogens with one attached hydrogen (secondary N) is 1. The second kappa shape index (κ2) is 6.51. The molecule has 0 aliphatic carbocycles. The average Bonchev–Trinajstić information content (AvgIpc) is 2.98. The smallest absolute Gasteiger partial charge is 0.172 e. The van der Waals surface area contributed by atoms with E-state index < -0.39 is 0 Å². The van der Waals surface area contributed by atoms with Gasteiger partial charge in [0.25, 0.3) is 0 Å². The minimum absolute atomic E-state index is 0.379. The molecule has 22 heavy (non-hydrogen) atoms. The quantitative estimate of drug-likeness (QED) is 0.914. The largest absolute Gasteiger partial charge is 0.493 e. The number of benzene rings is 1. The SMILES string of the molecule is COc1cccc(C2=NCCCN2)c1OCc1nccn1C. The van der Waals surface area contributed by atoms with Gasteiger partial charge in [0.2, 0.25) is 0 Å². The molecule has 0 spiro atoms. The van der Waals surface area contributed by atoms with Crippen LogP contribution in [-0.4, -0.2) is 35.6 Å². The predicted molar refractivity (Wildman–Crippen MR) is 84.6 cm³/mol. The first-order valence-corrected chi connectivity index (χ1v) is 7.34. The highest BCUT2D eigenvalue weighted by atomic mass is 16.5. The van der Waals surface area contributed by atoms with E-state index in [1.54, 1.807) is 13.3 Å². The minimum Gasteiger partial charge on any atom is -0.493 e. The van der Waals surface area contributed by atoms with Gasteiger partial charge in [-0.15, -0.1) is 0 Å². The number of aromatic nitrogens is 2. The van der Waals surface area contributed by atoms with Crippen molar-refractivity contribution in [3.63, 3.8) is 0 Å². The summed E-state index contributed by atoms with van der Waals surface area (Å²) in [4.78, 5) is 8.83. The van der Waals surface area contributed by atoms with E-state index in [0.717, 1.165) is 36.7 Å². The van der Waals surface area contributed by atoms with Crippen molar-refractivity contribution in [1.82, 2.24) is 14.9 Å². The minimum atomic E-state index is 0.379. The standard InChI is InChI=1S/C16H20N4O2/c1-20-10-9-17-14(20)11-22-15-12(5-3-6-13(15)21-2)16-18-7-4-8-19-16/h3,5-6,9-10H,4,7-8,11H2,1-2H3,(H,18,19). The Balaban J connectivity index is 1.90. The molecule has 0 radical (unpaired) electrons. The van der Waals surface area contributed by atoms with E-state index in [2.05, 4.69) is 15.3 Å². The van der Waals surface area contributed by atoms with Crippen LogP contribution in [0.3, 0.4) is 0 Å². The molecule has 0 unspecified atom stereocenters. The van der Waals surface area contributed by atoms with Gasteiger partial charge in [-0.2, -0.15) is 0 Å². The fourth-order valence-corrected chi connectivity index (χ4v) is 2.40. The highest BCUT2D eigenvalue weighted by molar-refractivity contribution is 6.02. The summed E-state index contributed by atoms with van der Waals surface area (Å²) in [6, 6.07) is 5.83. The van der Waals surface area contributed by atoms with E-state index in [1.165, 1.54) is 0 Å². The maximum Gasteiger partial charge on any atom is 0.172 e. The number of aliphatic imine (C=N–C) groups is 1. The Hall–Kier alpha value is -2.50. The van der Waals surface area contributed by atoms with Gasteiger partial charge in [-0.1, -0.05) is 6.07 Å². The van der Waals surface area contributed by atoms with Crippen LogP contribution < -0.4 is 14.8 Å². The van der Waals surface area contributed by atoms with Crippen molar-refractivity contribution in [1.29, 1.82) is 0 Å². The van der Waals surface area contributed by atoms with E-state index in [1.807, 2.05) is 36.0 Å². The van der Waals surface area contributed by atoms with E-state index in [0.29, 0.717) is 18.1 Å². The summed E-state index contributed by atoms with van der Waals surface area (Å²) >= 11 is 0. The highest BCUT2D eigenvalue weighted by Crippen LogP contribution is 2.32. The zero-order valence-electron chi connectivity index (χ0n) is 12.9. The molecule has 2 aromatic rings. The normalized spacial score (nSPS) is 14.2. The number of methoxy groups -OCH3 is 1. The summed E-state index contributed by atoms with van der Waals surface area (Å²) < 4.78 is 13.4. The van der Waals surface area contributed by atoms with Crippen LogP contribution >= 0.6 is 0 Å². The Morgan fingerprint density at radius 3 is 2.95 bits per heavy atom. The number of amidine groups is 1. The topological polar surface area (TPSA) is 60.7 Å². The van der Waals surface area contributed by atoms with E-state index in [4.69, 9.17) is 9.47 Å². The molecule has 0 saturated heterocycles. The third-order valence-corrected chi connectivity index (χ3v) is 3.62. The third kappa shape index (κ3) is 2.90. The van der Waals surface area contributed by atoms with Crippen LogP contribution in [0.2, 0.25) is 0 Å². The summed E-state index contributed by atoms with van der Waals surface area (Å²) in [5, 5.41) is 3.33. The first-order chi connectivity index (χ1) is 10.8. The van der Waals surface area contributed by atoms with Gasteiger partial charge in [-0.25, -0.2) is 4.98 Å². The van der Waals surface area contributed by atoms with E-state index in [9.17, 15) is 0 Å². The fraction of sp³-hybridized carbons (Fsp3) is 0.375. The number of hydrogen-bond donors (Lipinski definition) is 1. The first kappa shape index (κ1) is 14.4. The molecule has 0 atom stereocenters. The van der Waals surface area contributed by atoms with Crippen molar-refractivity contribution < 1.29 is 9.47 Å². The summed E-state index contributed by atoms with van der Waals surface area (Å²) in [6.07, 6.45) is 4.71. The molecule has 0 bridgehead atoms. The lowest BCUT2D eigenvalue weighted by Gasteiger charge is -2.19. The molecule has 0 saturated carbocycles. The molecular weight excluding hydrogens is 280 g/mol. The monoisotopic (exact) mass is 300 g/mol. The molecule has 0 fully saturated rings. The number of nitrogens with zero attached hydrogens (tertiary/aromatic N) is 3. The highest BCUT2D eigenvalue weighted by Gasteiger charge is 2.17. The van der Waals surface area contributed by atoms with Crippen LogP contribution in [0.15, 0.2) is 35.6 Å². The molecule has 1 aromatic heterocycles. The number of rotatable bonds is 5. The zero-order chi connectivity index (χ0) is 15.4. The summed E-state index contributed by atoms with van der Waals surface area (Å²) in [6.45, 7) is 2.14. The van der Waals surface area contributed by atoms with Gasteiger partial charge in [0.15, 0.2) is 11.5 Å². The molecule has 6 heteroatoms. The molecule has 1 aliphatic heterocycles. The number of hydrogen-bond acceptors (Lipinski definition) is 5. The van der Waals surface area contributed by atoms with Gasteiger partial charge >= 0.3 is 0 Å². The van der Waals surface area contributed by atoms with Crippen molar-refractivity contribution in [2.24, 2.45) is 12.0 Å². The van der Waals surface area contributed by atoms with Gasteiger partial charge in [0, 0.05) is 32.5 Å². The van der Waals surface area contributed by atoms with Crippen molar-refractivity contribution in [2.45, 2.75) is 13.0 Å². The summed E-state index contributed by atoms with van der Waals surface area (Å²) in [5.74, 6) is 3.11. The maximum absolute atomic E-state index is 6.01. The molecular formula is C16H20N4O2. The Kier molecular flexibility index (Phi) is 4.27. The summed E-state index contributed by atoms with van der Waals surface area (Å²) in [5.41, 5.74) is 0.924. The number of para-hydroxylation sites is 1. The Morgan fingerprint density at radius 1 is 1.36 bits per heavy atom. The molecule has 3 rings (SSSR count). The number of ether oxygens (including phenoxy) is 2. The van der Waals surface area contributed by atoms with Crippen LogP contribution in [-0.2, 0) is 13.7 Å². The van der Waals surface area contributed by atoms with E-state index >= 15 is 0 Å². The summed E-state index contributed by atoms with van der Waals surface area (Å²) in [7, 11) is 3.59. The van der Waals surface area contributed by atoms with Crippen LogP contribution in [0.1, 0.15) is 17.8 Å². The fourth-order valence-electron chi connectivity index (χ4n) is 2.40. The Labute approximate surface area is 129 Å². The zero-order valence-corrected chi connectivity index (χ0v) is 12.9. The van der Waals surface area contributed by atoms with Crippen molar-refractivity contribution >= 4 is 5.84 Å². The van der Waals surface area contributed by atoms with Gasteiger partial charge < -0.3 is 19.4 Å². The van der Waals surface area contributed by atoms with Gasteiger partial charge in [-0.3, -0.25) is 4.99 Å². The molecule has 1 aromatic carbocycles. The molecule has 0 amide bonds. The Morgan fingerprint density at radius 2 is 2.27 bits per heavy atom. The number of aryl methyl sites for hydroxylation is 1. The van der Waals surface area contributed by atoms with Crippen LogP contribution in [0, 0.1) is 0 Å². The maximum atomic E-state index is 6.01. The van der Waals surface area contributed by atoms with Crippen molar-refractivity contribution in [3.05, 3.63) is 42.0 Å². The lowest BCUT2D eigenvalue weighted by Crippen LogP contribution is -2.30. The van der Waals surface area contributed by atoms with Gasteiger partial charge in [0.1, 0.15) is 18.3 Å². The third-order valence-electron chi connectivity index (χ3n) is 3.62. The van der Waals surface area contributed by atoms with Crippen LogP contribution in [0.5, 0.6) is 11.5 Å².